The molecule has 0 fully saturated rings. The van der Waals surface area contributed by atoms with Gasteiger partial charge in [-0.25, -0.2) is 4.79 Å². The average molecular weight is 386 g/mol. The van der Waals surface area contributed by atoms with E-state index in [1.807, 2.05) is 30.3 Å². The molecule has 0 aliphatic rings. The number of methoxy groups -OCH3 is 2. The predicted octanol–water partition coefficient (Wildman–Crippen LogP) is 4.94. The van der Waals surface area contributed by atoms with Crippen molar-refractivity contribution >= 4 is 33.3 Å². The standard InChI is InChI=1S/C24H18O5/c1-28-19-7-5-14-9-17(4-3-15(14)10-19)23(25)21-12-16-6-8-20(29-2)11-18(16)13-22(21)24(26)27/h3-13H,1-2H3,(H,26,27). The zero-order valence-electron chi connectivity index (χ0n) is 15.9. The highest BCUT2D eigenvalue weighted by molar-refractivity contribution is 6.17. The van der Waals surface area contributed by atoms with Gasteiger partial charge in [0.2, 0.25) is 0 Å². The Kier molecular flexibility index (Phi) is 4.64. The number of rotatable bonds is 5. The second kappa shape index (κ2) is 7.28. The van der Waals surface area contributed by atoms with Gasteiger partial charge in [0.15, 0.2) is 5.78 Å². The summed E-state index contributed by atoms with van der Waals surface area (Å²) in [6.45, 7) is 0. The number of ketones is 1. The van der Waals surface area contributed by atoms with Crippen molar-refractivity contribution in [2.45, 2.75) is 0 Å². The van der Waals surface area contributed by atoms with E-state index in [9.17, 15) is 14.7 Å². The molecule has 0 atom stereocenters. The molecule has 0 spiro atoms. The number of hydrogen-bond donors (Lipinski definition) is 1. The molecule has 0 aliphatic carbocycles. The molecular formula is C24H18O5. The number of carboxylic acids is 1. The number of carbonyl (C=O) groups is 2. The van der Waals surface area contributed by atoms with Crippen LogP contribution in [0.15, 0.2) is 66.7 Å². The first kappa shape index (κ1) is 18.5. The Bertz CT molecular complexity index is 1270. The Morgan fingerprint density at radius 3 is 1.79 bits per heavy atom. The van der Waals surface area contributed by atoms with E-state index in [1.165, 1.54) is 6.07 Å². The zero-order valence-corrected chi connectivity index (χ0v) is 15.9. The fourth-order valence-corrected chi connectivity index (χ4v) is 3.42. The summed E-state index contributed by atoms with van der Waals surface area (Å²) >= 11 is 0. The lowest BCUT2D eigenvalue weighted by atomic mass is 9.93. The third-order valence-electron chi connectivity index (χ3n) is 4.97. The molecule has 0 aromatic heterocycles. The first-order valence-corrected chi connectivity index (χ1v) is 8.98. The van der Waals surface area contributed by atoms with E-state index in [4.69, 9.17) is 9.47 Å². The molecule has 0 heterocycles. The van der Waals surface area contributed by atoms with Crippen molar-refractivity contribution in [3.8, 4) is 11.5 Å². The lowest BCUT2D eigenvalue weighted by molar-refractivity contribution is 0.0693. The number of benzene rings is 4. The molecule has 4 aromatic carbocycles. The maximum absolute atomic E-state index is 13.2. The number of ether oxygens (including phenoxy) is 2. The van der Waals surface area contributed by atoms with Gasteiger partial charge < -0.3 is 14.6 Å². The maximum Gasteiger partial charge on any atom is 0.336 e. The minimum atomic E-state index is -1.15. The summed E-state index contributed by atoms with van der Waals surface area (Å²) in [5.74, 6) is -0.131. The minimum absolute atomic E-state index is 0.0365. The fourth-order valence-electron chi connectivity index (χ4n) is 3.42. The van der Waals surface area contributed by atoms with Crippen LogP contribution < -0.4 is 9.47 Å². The molecule has 0 aliphatic heterocycles. The van der Waals surface area contributed by atoms with Crippen molar-refractivity contribution in [3.05, 3.63) is 83.4 Å². The van der Waals surface area contributed by atoms with E-state index < -0.39 is 5.97 Å². The minimum Gasteiger partial charge on any atom is -0.497 e. The molecule has 0 amide bonds. The average Bonchev–Trinajstić information content (AvgIpc) is 2.76. The molecule has 4 aromatic rings. The van der Waals surface area contributed by atoms with Crippen LogP contribution in [0.25, 0.3) is 21.5 Å². The van der Waals surface area contributed by atoms with E-state index in [0.717, 1.165) is 21.9 Å². The van der Waals surface area contributed by atoms with Gasteiger partial charge in [0.25, 0.3) is 0 Å². The van der Waals surface area contributed by atoms with Gasteiger partial charge in [0.05, 0.1) is 19.8 Å². The fraction of sp³-hybridized carbons (Fsp3) is 0.0833. The van der Waals surface area contributed by atoms with Crippen molar-refractivity contribution in [2.24, 2.45) is 0 Å². The van der Waals surface area contributed by atoms with E-state index in [-0.39, 0.29) is 16.9 Å². The van der Waals surface area contributed by atoms with Crippen molar-refractivity contribution in [3.63, 3.8) is 0 Å². The second-order valence-corrected chi connectivity index (χ2v) is 6.67. The SMILES string of the molecule is COc1ccc2cc(C(=O)c3cc4ccc(OC)cc4cc3C(=O)O)ccc2c1. The van der Waals surface area contributed by atoms with Gasteiger partial charge in [0, 0.05) is 11.1 Å². The molecule has 0 saturated carbocycles. The molecule has 0 radical (unpaired) electrons. The van der Waals surface area contributed by atoms with Crippen LogP contribution in [0.4, 0.5) is 0 Å². The monoisotopic (exact) mass is 386 g/mol. The summed E-state index contributed by atoms with van der Waals surface area (Å²) in [6, 6.07) is 19.3. The van der Waals surface area contributed by atoms with Gasteiger partial charge >= 0.3 is 5.97 Å². The molecule has 0 saturated heterocycles. The van der Waals surface area contributed by atoms with Crippen LogP contribution in [0.5, 0.6) is 11.5 Å². The van der Waals surface area contributed by atoms with E-state index in [2.05, 4.69) is 0 Å². The quantitative estimate of drug-likeness (QED) is 0.492. The van der Waals surface area contributed by atoms with Crippen LogP contribution >= 0.6 is 0 Å². The van der Waals surface area contributed by atoms with Gasteiger partial charge in [-0.2, -0.15) is 0 Å². The molecule has 0 unspecified atom stereocenters. The van der Waals surface area contributed by atoms with E-state index in [1.54, 1.807) is 44.6 Å². The van der Waals surface area contributed by atoms with Crippen molar-refractivity contribution < 1.29 is 24.2 Å². The summed E-state index contributed by atoms with van der Waals surface area (Å²) in [7, 11) is 3.15. The number of aromatic carboxylic acids is 1. The molecule has 1 N–H and O–H groups in total. The Hall–Kier alpha value is -3.86. The zero-order chi connectivity index (χ0) is 20.5. The summed E-state index contributed by atoms with van der Waals surface area (Å²) < 4.78 is 10.4. The Labute approximate surface area is 167 Å². The normalized spacial score (nSPS) is 10.8. The Morgan fingerprint density at radius 1 is 0.655 bits per heavy atom. The number of carbonyl (C=O) groups excluding carboxylic acids is 1. The molecule has 0 bridgehead atoms. The lowest BCUT2D eigenvalue weighted by Crippen LogP contribution is -2.10. The highest BCUT2D eigenvalue weighted by Crippen LogP contribution is 2.28. The molecule has 144 valence electrons. The highest BCUT2D eigenvalue weighted by atomic mass is 16.5. The highest BCUT2D eigenvalue weighted by Gasteiger charge is 2.20. The molecular weight excluding hydrogens is 368 g/mol. The summed E-state index contributed by atoms with van der Waals surface area (Å²) in [6.07, 6.45) is 0. The lowest BCUT2D eigenvalue weighted by Gasteiger charge is -2.10. The third kappa shape index (κ3) is 3.38. The van der Waals surface area contributed by atoms with Gasteiger partial charge in [-0.15, -0.1) is 0 Å². The maximum atomic E-state index is 13.2. The number of fused-ring (bicyclic) bond motifs is 2. The van der Waals surface area contributed by atoms with Crippen LogP contribution in [0.1, 0.15) is 26.3 Å². The first-order valence-electron chi connectivity index (χ1n) is 8.98. The number of hydrogen-bond acceptors (Lipinski definition) is 4. The second-order valence-electron chi connectivity index (χ2n) is 6.67. The largest absolute Gasteiger partial charge is 0.497 e. The van der Waals surface area contributed by atoms with E-state index in [0.29, 0.717) is 16.7 Å². The van der Waals surface area contributed by atoms with Gasteiger partial charge in [-0.3, -0.25) is 4.79 Å². The smallest absolute Gasteiger partial charge is 0.336 e. The molecule has 4 rings (SSSR count). The molecule has 29 heavy (non-hydrogen) atoms. The Morgan fingerprint density at radius 2 is 1.17 bits per heavy atom. The summed E-state index contributed by atoms with van der Waals surface area (Å²) in [4.78, 5) is 25.0. The van der Waals surface area contributed by atoms with Gasteiger partial charge in [-0.1, -0.05) is 24.3 Å². The van der Waals surface area contributed by atoms with Crippen LogP contribution in [-0.2, 0) is 0 Å². The van der Waals surface area contributed by atoms with E-state index >= 15 is 0 Å². The van der Waals surface area contributed by atoms with Gasteiger partial charge in [-0.05, 0) is 64.0 Å². The summed E-state index contributed by atoms with van der Waals surface area (Å²) in [5.41, 5.74) is 0.548. The van der Waals surface area contributed by atoms with Crippen LogP contribution in [0.3, 0.4) is 0 Å². The molecule has 5 nitrogen and oxygen atoms in total. The van der Waals surface area contributed by atoms with Crippen molar-refractivity contribution in [2.75, 3.05) is 14.2 Å². The van der Waals surface area contributed by atoms with Crippen molar-refractivity contribution in [1.29, 1.82) is 0 Å². The predicted molar refractivity (Wildman–Crippen MR) is 111 cm³/mol. The third-order valence-corrected chi connectivity index (χ3v) is 4.97. The number of carboxylic acid groups (broad SMARTS) is 1. The van der Waals surface area contributed by atoms with Gasteiger partial charge in [0.1, 0.15) is 11.5 Å². The Balaban J connectivity index is 1.84. The molecule has 5 heteroatoms. The van der Waals surface area contributed by atoms with Crippen LogP contribution in [0.2, 0.25) is 0 Å². The van der Waals surface area contributed by atoms with Crippen LogP contribution in [-0.4, -0.2) is 31.1 Å². The van der Waals surface area contributed by atoms with Crippen LogP contribution in [0, 0.1) is 0 Å². The first-order chi connectivity index (χ1) is 14.0. The van der Waals surface area contributed by atoms with Crippen molar-refractivity contribution in [1.82, 2.24) is 0 Å². The topological polar surface area (TPSA) is 72.8 Å². The summed E-state index contributed by atoms with van der Waals surface area (Å²) in [5, 5.41) is 13.0.